The Morgan fingerprint density at radius 3 is 2.15 bits per heavy atom. The van der Waals surface area contributed by atoms with Crippen LogP contribution < -0.4 is 4.57 Å². The van der Waals surface area contributed by atoms with Gasteiger partial charge in [-0.1, -0.05) is 52.8 Å². The molecule has 1 heterocycles. The van der Waals surface area contributed by atoms with E-state index in [1.165, 1.54) is 16.8 Å². The number of para-hydroxylation sites is 1. The van der Waals surface area contributed by atoms with Crippen LogP contribution in [0.15, 0.2) is 36.9 Å². The minimum atomic E-state index is 0.533. The summed E-state index contributed by atoms with van der Waals surface area (Å²) < 4.78 is 4.56. The van der Waals surface area contributed by atoms with Gasteiger partial charge in [-0.05, 0) is 18.3 Å². The first-order valence-electron chi connectivity index (χ1n) is 7.74. The third-order valence-corrected chi connectivity index (χ3v) is 3.77. The summed E-state index contributed by atoms with van der Waals surface area (Å²) in [6.45, 7) is 12.4. The first-order valence-corrected chi connectivity index (χ1v) is 7.74. The van der Waals surface area contributed by atoms with Gasteiger partial charge in [0.1, 0.15) is 18.1 Å². The number of hydrogen-bond acceptors (Lipinski definition) is 0. The van der Waals surface area contributed by atoms with E-state index < -0.39 is 0 Å². The molecule has 0 amide bonds. The van der Waals surface area contributed by atoms with Gasteiger partial charge in [0, 0.05) is 11.1 Å². The molecule has 0 aliphatic rings. The highest BCUT2D eigenvalue weighted by molar-refractivity contribution is 5.50. The lowest BCUT2D eigenvalue weighted by Gasteiger charge is -2.16. The first kappa shape index (κ1) is 14.8. The van der Waals surface area contributed by atoms with Crippen molar-refractivity contribution in [3.05, 3.63) is 48.0 Å². The van der Waals surface area contributed by atoms with Gasteiger partial charge in [0.05, 0.1) is 6.54 Å². The molecule has 2 aromatic rings. The van der Waals surface area contributed by atoms with Crippen molar-refractivity contribution in [3.8, 4) is 5.69 Å². The molecule has 0 bridgehead atoms. The molecule has 0 saturated carbocycles. The second kappa shape index (κ2) is 6.25. The van der Waals surface area contributed by atoms with Crippen molar-refractivity contribution in [2.45, 2.75) is 59.4 Å². The Kier molecular flexibility index (Phi) is 4.64. The topological polar surface area (TPSA) is 8.81 Å². The van der Waals surface area contributed by atoms with Crippen LogP contribution in [-0.4, -0.2) is 4.57 Å². The van der Waals surface area contributed by atoms with Crippen LogP contribution in [0.4, 0.5) is 0 Å². The van der Waals surface area contributed by atoms with Gasteiger partial charge in [-0.3, -0.25) is 0 Å². The van der Waals surface area contributed by atoms with Gasteiger partial charge < -0.3 is 0 Å². The third-order valence-electron chi connectivity index (χ3n) is 3.77. The predicted molar refractivity (Wildman–Crippen MR) is 84.4 cm³/mol. The Labute approximate surface area is 123 Å². The van der Waals surface area contributed by atoms with Gasteiger partial charge in [0.15, 0.2) is 0 Å². The van der Waals surface area contributed by atoms with Crippen LogP contribution in [0.3, 0.4) is 0 Å². The van der Waals surface area contributed by atoms with Crippen molar-refractivity contribution in [2.75, 3.05) is 0 Å². The summed E-state index contributed by atoms with van der Waals surface area (Å²) in [6, 6.07) is 6.71. The Morgan fingerprint density at radius 2 is 1.65 bits per heavy atom. The van der Waals surface area contributed by atoms with E-state index in [-0.39, 0.29) is 0 Å². The predicted octanol–water partition coefficient (Wildman–Crippen LogP) is 4.42. The molecule has 1 aromatic heterocycles. The van der Waals surface area contributed by atoms with E-state index in [1.807, 2.05) is 0 Å². The monoisotopic (exact) mass is 271 g/mol. The van der Waals surface area contributed by atoms with Crippen molar-refractivity contribution in [2.24, 2.45) is 0 Å². The fourth-order valence-corrected chi connectivity index (χ4v) is 2.73. The van der Waals surface area contributed by atoms with Crippen LogP contribution in [0.25, 0.3) is 5.69 Å². The lowest BCUT2D eigenvalue weighted by molar-refractivity contribution is -0.696. The number of rotatable bonds is 5. The minimum absolute atomic E-state index is 0.533. The molecule has 0 spiro atoms. The maximum Gasteiger partial charge on any atom is 0.248 e. The lowest BCUT2D eigenvalue weighted by Crippen LogP contribution is -2.30. The molecule has 0 unspecified atom stereocenters. The highest BCUT2D eigenvalue weighted by Gasteiger charge is 2.19. The molecule has 0 atom stereocenters. The molecule has 108 valence electrons. The molecular formula is C18H27N2+. The maximum atomic E-state index is 2.29. The number of benzene rings is 1. The van der Waals surface area contributed by atoms with Crippen molar-refractivity contribution in [1.82, 2.24) is 4.57 Å². The minimum Gasteiger partial charge on any atom is -0.236 e. The van der Waals surface area contributed by atoms with E-state index in [0.29, 0.717) is 11.8 Å². The van der Waals surface area contributed by atoms with Gasteiger partial charge in [-0.25, -0.2) is 9.13 Å². The average molecular weight is 271 g/mol. The number of imidazole rings is 1. The zero-order chi connectivity index (χ0) is 14.7. The lowest BCUT2D eigenvalue weighted by atomic mass is 9.92. The Hall–Kier alpha value is -1.57. The molecule has 0 saturated heterocycles. The number of nitrogens with zero attached hydrogens (tertiary/aromatic N) is 2. The molecular weight excluding hydrogens is 244 g/mol. The summed E-state index contributed by atoms with van der Waals surface area (Å²) in [5.74, 6) is 1.07. The molecule has 0 radical (unpaired) electrons. The van der Waals surface area contributed by atoms with Crippen molar-refractivity contribution < 1.29 is 4.57 Å². The van der Waals surface area contributed by atoms with Crippen LogP contribution in [0.5, 0.6) is 0 Å². The molecule has 0 fully saturated rings. The van der Waals surface area contributed by atoms with E-state index in [4.69, 9.17) is 0 Å². The number of aromatic nitrogens is 2. The fraction of sp³-hybridized carbons (Fsp3) is 0.500. The van der Waals surface area contributed by atoms with Gasteiger partial charge >= 0.3 is 0 Å². The van der Waals surface area contributed by atoms with E-state index in [2.05, 4.69) is 80.7 Å². The largest absolute Gasteiger partial charge is 0.248 e. The average Bonchev–Trinajstić information content (AvgIpc) is 2.86. The zero-order valence-corrected chi connectivity index (χ0v) is 13.4. The number of aryl methyl sites for hydroxylation is 1. The highest BCUT2D eigenvalue weighted by Crippen LogP contribution is 2.30. The van der Waals surface area contributed by atoms with Gasteiger partial charge in [-0.2, -0.15) is 0 Å². The number of hydrogen-bond donors (Lipinski definition) is 0. The fourth-order valence-electron chi connectivity index (χ4n) is 2.73. The van der Waals surface area contributed by atoms with Gasteiger partial charge in [-0.15, -0.1) is 0 Å². The summed E-state index contributed by atoms with van der Waals surface area (Å²) in [6.07, 6.45) is 7.74. The summed E-state index contributed by atoms with van der Waals surface area (Å²) in [7, 11) is 0. The summed E-state index contributed by atoms with van der Waals surface area (Å²) in [4.78, 5) is 0. The van der Waals surface area contributed by atoms with Crippen LogP contribution in [0.1, 0.15) is 64.0 Å². The maximum absolute atomic E-state index is 2.29. The van der Waals surface area contributed by atoms with Gasteiger partial charge in [0.2, 0.25) is 6.33 Å². The Bertz CT molecular complexity index is 538. The van der Waals surface area contributed by atoms with Crippen LogP contribution in [0, 0.1) is 0 Å². The molecule has 20 heavy (non-hydrogen) atoms. The smallest absolute Gasteiger partial charge is 0.236 e. The van der Waals surface area contributed by atoms with Crippen molar-refractivity contribution >= 4 is 0 Å². The highest BCUT2D eigenvalue weighted by atomic mass is 15.1. The van der Waals surface area contributed by atoms with Gasteiger partial charge in [0.25, 0.3) is 0 Å². The van der Waals surface area contributed by atoms with E-state index >= 15 is 0 Å². The molecule has 0 N–H and O–H groups in total. The third kappa shape index (κ3) is 2.95. The molecule has 0 aliphatic heterocycles. The molecule has 2 rings (SSSR count). The van der Waals surface area contributed by atoms with E-state index in [0.717, 1.165) is 13.0 Å². The molecule has 0 aliphatic carbocycles. The summed E-state index contributed by atoms with van der Waals surface area (Å²) in [5.41, 5.74) is 4.22. The van der Waals surface area contributed by atoms with Crippen LogP contribution in [0.2, 0.25) is 0 Å². The van der Waals surface area contributed by atoms with Crippen molar-refractivity contribution in [1.29, 1.82) is 0 Å². The molecule has 2 heteroatoms. The van der Waals surface area contributed by atoms with Crippen LogP contribution in [-0.2, 0) is 6.54 Å². The second-order valence-corrected chi connectivity index (χ2v) is 6.15. The Balaban J connectivity index is 2.56. The Morgan fingerprint density at radius 1 is 1.05 bits per heavy atom. The standard InChI is InChI=1S/C18H27N2/c1-6-10-19-11-12-20(13-19)18-16(14(2)3)8-7-9-17(18)15(4)5/h7-9,11-15H,6,10H2,1-5H3/q+1. The van der Waals surface area contributed by atoms with Crippen LogP contribution >= 0.6 is 0 Å². The molecule has 2 nitrogen and oxygen atoms in total. The summed E-state index contributed by atoms with van der Waals surface area (Å²) in [5, 5.41) is 0. The van der Waals surface area contributed by atoms with E-state index in [1.54, 1.807) is 0 Å². The SMILES string of the molecule is CCC[n+]1ccn(-c2c(C(C)C)cccc2C(C)C)c1. The van der Waals surface area contributed by atoms with Crippen molar-refractivity contribution in [3.63, 3.8) is 0 Å². The summed E-state index contributed by atoms with van der Waals surface area (Å²) >= 11 is 0. The molecule has 1 aromatic carbocycles. The first-order chi connectivity index (χ1) is 9.54. The quantitative estimate of drug-likeness (QED) is 0.712. The zero-order valence-electron chi connectivity index (χ0n) is 13.4. The normalized spacial score (nSPS) is 11.6. The van der Waals surface area contributed by atoms with E-state index in [9.17, 15) is 0 Å². The second-order valence-electron chi connectivity index (χ2n) is 6.15.